The number of amides is 1. The van der Waals surface area contributed by atoms with Crippen LogP contribution in [0.2, 0.25) is 0 Å². The van der Waals surface area contributed by atoms with Crippen molar-refractivity contribution in [2.45, 2.75) is 26.3 Å². The number of pyridine rings is 1. The molecule has 0 fully saturated rings. The van der Waals surface area contributed by atoms with Crippen molar-refractivity contribution in [2.75, 3.05) is 20.3 Å². The molecule has 3 heterocycles. The number of ether oxygens (including phenoxy) is 4. The summed E-state index contributed by atoms with van der Waals surface area (Å²) in [5.41, 5.74) is -1.43. The van der Waals surface area contributed by atoms with Crippen molar-refractivity contribution >= 4 is 16.8 Å². The maximum absolute atomic E-state index is 15.3. The Bertz CT molecular complexity index is 1980. The summed E-state index contributed by atoms with van der Waals surface area (Å²) in [6.45, 7) is 2.48. The molecule has 13 heteroatoms. The molecular weight excluding hydrogens is 578 g/mol. The summed E-state index contributed by atoms with van der Waals surface area (Å²) in [5.74, 6) is -0.262. The molecule has 1 aliphatic heterocycles. The van der Waals surface area contributed by atoms with Gasteiger partial charge in [0.2, 0.25) is 5.75 Å². The lowest BCUT2D eigenvalue weighted by molar-refractivity contribution is 0.0959. The third-order valence-electron chi connectivity index (χ3n) is 7.19. The maximum Gasteiger partial charge on any atom is 0.335 e. The quantitative estimate of drug-likeness (QED) is 0.334. The Morgan fingerprint density at radius 1 is 1.05 bits per heavy atom. The molecule has 0 saturated heterocycles. The minimum atomic E-state index is -0.920. The third-order valence-corrected chi connectivity index (χ3v) is 7.19. The minimum absolute atomic E-state index is 0.0530. The van der Waals surface area contributed by atoms with Gasteiger partial charge in [0, 0.05) is 37.5 Å². The molecule has 1 amide bonds. The molecule has 0 atom stereocenters. The molecule has 4 aromatic rings. The van der Waals surface area contributed by atoms with E-state index in [4.69, 9.17) is 18.9 Å². The first-order valence-corrected chi connectivity index (χ1v) is 13.7. The zero-order valence-corrected chi connectivity index (χ0v) is 23.7. The largest absolute Gasteiger partial charge is 0.493 e. The molecule has 0 spiro atoms. The van der Waals surface area contributed by atoms with Crippen LogP contribution in [0, 0.1) is 5.82 Å². The number of halogens is 2. The number of carbonyl (C=O) groups is 1. The summed E-state index contributed by atoms with van der Waals surface area (Å²) >= 11 is 0. The van der Waals surface area contributed by atoms with Crippen LogP contribution in [0.4, 0.5) is 8.78 Å². The van der Waals surface area contributed by atoms with E-state index in [0.29, 0.717) is 47.1 Å². The number of aromatic nitrogens is 3. The number of fused-ring (bicyclic) bond motifs is 3. The number of methoxy groups -OCH3 is 1. The molecule has 226 valence electrons. The fourth-order valence-corrected chi connectivity index (χ4v) is 5.03. The Balaban J connectivity index is 1.29. The molecule has 1 aliphatic carbocycles. The first-order valence-electron chi connectivity index (χ1n) is 13.7. The molecule has 1 N–H and O–H groups in total. The van der Waals surface area contributed by atoms with E-state index in [9.17, 15) is 18.8 Å². The highest BCUT2D eigenvalue weighted by Crippen LogP contribution is 2.48. The molecule has 2 aromatic heterocycles. The van der Waals surface area contributed by atoms with Crippen molar-refractivity contribution in [2.24, 2.45) is 0 Å². The molecular formula is C31H26F2N4O7. The first kappa shape index (κ1) is 28.6. The predicted octanol–water partition coefficient (Wildman–Crippen LogP) is 4.15. The summed E-state index contributed by atoms with van der Waals surface area (Å²) in [6.07, 6.45) is 4.10. The lowest BCUT2D eigenvalue weighted by atomic mass is 10.1. The van der Waals surface area contributed by atoms with Crippen molar-refractivity contribution in [3.8, 4) is 28.7 Å². The van der Waals surface area contributed by atoms with Crippen molar-refractivity contribution in [1.82, 2.24) is 19.4 Å². The third kappa shape index (κ3) is 5.16. The van der Waals surface area contributed by atoms with E-state index < -0.39 is 28.8 Å². The monoisotopic (exact) mass is 604 g/mol. The van der Waals surface area contributed by atoms with Crippen LogP contribution in [0.1, 0.15) is 30.1 Å². The van der Waals surface area contributed by atoms with Crippen LogP contribution in [-0.2, 0) is 6.54 Å². The number of aryl methyl sites for hydroxylation is 1. The van der Waals surface area contributed by atoms with Gasteiger partial charge in [-0.05, 0) is 43.7 Å². The van der Waals surface area contributed by atoms with E-state index in [0.717, 1.165) is 29.0 Å². The van der Waals surface area contributed by atoms with Gasteiger partial charge in [0.25, 0.3) is 11.5 Å². The summed E-state index contributed by atoms with van der Waals surface area (Å²) in [6, 6.07) is 8.03. The Hall–Kier alpha value is -5.46. The van der Waals surface area contributed by atoms with Crippen LogP contribution >= 0.6 is 0 Å². The normalized spacial score (nSPS) is 14.3. The smallest absolute Gasteiger partial charge is 0.335 e. The molecule has 0 saturated carbocycles. The van der Waals surface area contributed by atoms with Crippen LogP contribution in [0.3, 0.4) is 0 Å². The van der Waals surface area contributed by atoms with Crippen molar-refractivity contribution in [3.05, 3.63) is 104 Å². The van der Waals surface area contributed by atoms with Crippen molar-refractivity contribution in [3.63, 3.8) is 0 Å². The Morgan fingerprint density at radius 2 is 1.80 bits per heavy atom. The van der Waals surface area contributed by atoms with E-state index in [1.807, 2.05) is 0 Å². The maximum atomic E-state index is 15.3. The summed E-state index contributed by atoms with van der Waals surface area (Å²) in [5, 5.41) is 3.01. The van der Waals surface area contributed by atoms with Gasteiger partial charge in [-0.2, -0.15) is 0 Å². The van der Waals surface area contributed by atoms with Crippen molar-refractivity contribution in [1.29, 1.82) is 0 Å². The second kappa shape index (κ2) is 11.7. The number of benzene rings is 2. The second-order valence-corrected chi connectivity index (χ2v) is 9.86. The molecule has 0 bridgehead atoms. The zero-order valence-electron chi connectivity index (χ0n) is 23.7. The van der Waals surface area contributed by atoms with Crippen LogP contribution in [0.25, 0.3) is 16.6 Å². The highest BCUT2D eigenvalue weighted by Gasteiger charge is 2.26. The standard InChI is InChI=1S/C31H26F2N4O7/c1-3-36-16-20(30(39)37(31(36)40)18-6-4-17(32)5-7-18)29(38)35-22-9-8-19(14-21(22)33)44-24-10-11-34-23-15-25(41-2)27-28(26(23)24)43-13-12-42-27/h4-7,10-11,14-16H,3,8-9,12-13H2,1-2H3,(H,35,38). The molecule has 6 rings (SSSR count). The highest BCUT2D eigenvalue weighted by atomic mass is 19.1. The Kier molecular flexibility index (Phi) is 7.60. The topological polar surface area (TPSA) is 123 Å². The number of hydrogen-bond acceptors (Lipinski definition) is 8. The fraction of sp³-hybridized carbons (Fsp3) is 0.226. The molecule has 11 nitrogen and oxygen atoms in total. The van der Waals surface area contributed by atoms with E-state index >= 15 is 4.39 Å². The van der Waals surface area contributed by atoms with Gasteiger partial charge in [0.1, 0.15) is 41.9 Å². The first-order chi connectivity index (χ1) is 21.3. The van der Waals surface area contributed by atoms with Gasteiger partial charge < -0.3 is 24.3 Å². The van der Waals surface area contributed by atoms with Gasteiger partial charge in [-0.3, -0.25) is 19.1 Å². The number of carbonyl (C=O) groups excluding carboxylic acids is 1. The Labute approximate surface area is 248 Å². The molecule has 2 aliphatic rings. The SMILES string of the molecule is CCn1cc(C(=O)NC2=C(F)C=C(Oc3ccnc4cc(OC)c5c(c34)OCCO5)CC2)c(=O)n(-c2ccc(F)cc2)c1=O. The second-order valence-electron chi connectivity index (χ2n) is 9.86. The summed E-state index contributed by atoms with van der Waals surface area (Å²) < 4.78 is 53.9. The van der Waals surface area contributed by atoms with Crippen LogP contribution in [0.15, 0.2) is 81.7 Å². The average molecular weight is 605 g/mol. The van der Waals surface area contributed by atoms with Gasteiger partial charge in [-0.25, -0.2) is 18.1 Å². The van der Waals surface area contributed by atoms with E-state index in [-0.39, 0.29) is 42.1 Å². The van der Waals surface area contributed by atoms with Crippen molar-refractivity contribution < 1.29 is 32.5 Å². The molecule has 0 unspecified atom stereocenters. The number of allylic oxidation sites excluding steroid dienone is 4. The average Bonchev–Trinajstić information content (AvgIpc) is 3.03. The van der Waals surface area contributed by atoms with Gasteiger partial charge >= 0.3 is 5.69 Å². The minimum Gasteiger partial charge on any atom is -0.493 e. The van der Waals surface area contributed by atoms with E-state index in [1.165, 1.54) is 23.8 Å². The summed E-state index contributed by atoms with van der Waals surface area (Å²) in [4.78, 5) is 43.7. The van der Waals surface area contributed by atoms with E-state index in [1.54, 1.807) is 25.3 Å². The molecule has 0 radical (unpaired) electrons. The summed E-state index contributed by atoms with van der Waals surface area (Å²) in [7, 11) is 1.51. The Morgan fingerprint density at radius 3 is 2.50 bits per heavy atom. The number of nitrogens with one attached hydrogen (secondary N) is 1. The number of nitrogens with zero attached hydrogens (tertiary/aromatic N) is 3. The lowest BCUT2D eigenvalue weighted by Crippen LogP contribution is -2.43. The van der Waals surface area contributed by atoms with Crippen LogP contribution < -0.4 is 35.5 Å². The van der Waals surface area contributed by atoms with Crippen LogP contribution in [0.5, 0.6) is 23.0 Å². The van der Waals surface area contributed by atoms with Gasteiger partial charge in [-0.15, -0.1) is 0 Å². The molecule has 44 heavy (non-hydrogen) atoms. The highest BCUT2D eigenvalue weighted by molar-refractivity contribution is 5.96. The number of rotatable bonds is 7. The number of hydrogen-bond donors (Lipinski definition) is 1. The van der Waals surface area contributed by atoms with Gasteiger partial charge in [0.15, 0.2) is 11.5 Å². The van der Waals surface area contributed by atoms with Crippen LogP contribution in [-0.4, -0.2) is 40.3 Å². The van der Waals surface area contributed by atoms with Gasteiger partial charge in [0.05, 0.1) is 29.4 Å². The molecule has 2 aromatic carbocycles. The zero-order chi connectivity index (χ0) is 31.0. The van der Waals surface area contributed by atoms with E-state index in [2.05, 4.69) is 10.3 Å². The fourth-order valence-electron chi connectivity index (χ4n) is 5.03. The predicted molar refractivity (Wildman–Crippen MR) is 155 cm³/mol. The lowest BCUT2D eigenvalue weighted by Gasteiger charge is -2.23. The van der Waals surface area contributed by atoms with Gasteiger partial charge in [-0.1, -0.05) is 0 Å².